The van der Waals surface area contributed by atoms with Crippen molar-refractivity contribution in [3.63, 3.8) is 0 Å². The molecule has 43 heavy (non-hydrogen) atoms. The van der Waals surface area contributed by atoms with Crippen LogP contribution < -0.4 is 5.73 Å². The van der Waals surface area contributed by atoms with Gasteiger partial charge in [0.25, 0.3) is 0 Å². The summed E-state index contributed by atoms with van der Waals surface area (Å²) in [6.45, 7) is 3.82. The van der Waals surface area contributed by atoms with E-state index in [9.17, 15) is 13.2 Å². The standard InChI is InChI=1S/C34H34N4O4S/c1-33(2,42-32(35)39)22-34(18-7-19-34)26-14-10-25(11-15-26)31-28(23-8-5-4-6-9-23)20-30-36-21-29(38(30)37-31)24-12-16-27(17-13-24)43(3,40)41/h4-6,8-17,20-21H,7,18-19,22H2,1-3H3,(H2,35,39). The van der Waals surface area contributed by atoms with E-state index in [1.54, 1.807) is 30.5 Å². The van der Waals surface area contributed by atoms with Crippen LogP contribution in [0.4, 0.5) is 4.79 Å². The maximum Gasteiger partial charge on any atom is 0.405 e. The number of nitrogens with two attached hydrogens (primary N) is 1. The number of primary amides is 1. The van der Waals surface area contributed by atoms with Gasteiger partial charge in [-0.2, -0.15) is 5.10 Å². The number of sulfone groups is 1. The number of rotatable bonds is 8. The Balaban J connectivity index is 1.43. The molecule has 220 valence electrons. The first-order valence-electron chi connectivity index (χ1n) is 14.3. The average molecular weight is 595 g/mol. The summed E-state index contributed by atoms with van der Waals surface area (Å²) in [5.41, 5.74) is 11.8. The van der Waals surface area contributed by atoms with Gasteiger partial charge in [-0.25, -0.2) is 22.7 Å². The smallest absolute Gasteiger partial charge is 0.405 e. The Bertz CT molecular complexity index is 1910. The predicted molar refractivity (Wildman–Crippen MR) is 167 cm³/mol. The van der Waals surface area contributed by atoms with Crippen molar-refractivity contribution in [1.29, 1.82) is 0 Å². The lowest BCUT2D eigenvalue weighted by Crippen LogP contribution is -2.44. The van der Waals surface area contributed by atoms with Crippen molar-refractivity contribution in [2.75, 3.05) is 6.26 Å². The van der Waals surface area contributed by atoms with Gasteiger partial charge in [-0.05, 0) is 67.9 Å². The topological polar surface area (TPSA) is 117 Å². The van der Waals surface area contributed by atoms with Gasteiger partial charge in [-0.1, -0.05) is 73.2 Å². The van der Waals surface area contributed by atoms with Crippen molar-refractivity contribution in [1.82, 2.24) is 14.6 Å². The lowest BCUT2D eigenvalue weighted by molar-refractivity contribution is 0.00510. The van der Waals surface area contributed by atoms with E-state index in [4.69, 9.17) is 15.6 Å². The van der Waals surface area contributed by atoms with Gasteiger partial charge >= 0.3 is 6.09 Å². The fraction of sp³-hybridized carbons (Fsp3) is 0.265. The first kappa shape index (κ1) is 28.6. The van der Waals surface area contributed by atoms with Crippen molar-refractivity contribution in [3.05, 3.63) is 96.7 Å². The molecule has 9 heteroatoms. The number of amides is 1. The first-order chi connectivity index (χ1) is 20.4. The van der Waals surface area contributed by atoms with Crippen LogP contribution in [-0.2, 0) is 20.0 Å². The molecular weight excluding hydrogens is 560 g/mol. The van der Waals surface area contributed by atoms with Crippen LogP contribution in [0.5, 0.6) is 0 Å². The molecule has 1 aliphatic rings. The fourth-order valence-corrected chi connectivity index (χ4v) is 6.94. The van der Waals surface area contributed by atoms with Gasteiger partial charge in [0.1, 0.15) is 5.60 Å². The lowest BCUT2D eigenvalue weighted by atomic mass is 9.60. The Morgan fingerprint density at radius 3 is 2.19 bits per heavy atom. The Labute approximate surface area is 251 Å². The van der Waals surface area contributed by atoms with Crippen molar-refractivity contribution >= 4 is 21.6 Å². The summed E-state index contributed by atoms with van der Waals surface area (Å²) >= 11 is 0. The summed E-state index contributed by atoms with van der Waals surface area (Å²) in [7, 11) is -3.30. The van der Waals surface area contributed by atoms with E-state index in [1.165, 1.54) is 11.8 Å². The van der Waals surface area contributed by atoms with E-state index in [1.807, 2.05) is 42.6 Å². The zero-order chi connectivity index (χ0) is 30.4. The molecule has 1 amide bonds. The summed E-state index contributed by atoms with van der Waals surface area (Å²) in [4.78, 5) is 16.4. The zero-order valence-corrected chi connectivity index (χ0v) is 25.3. The quantitative estimate of drug-likeness (QED) is 0.211. The molecule has 0 atom stereocenters. The summed E-state index contributed by atoms with van der Waals surface area (Å²) in [6, 6.07) is 27.5. The maximum atomic E-state index is 12.0. The lowest BCUT2D eigenvalue weighted by Gasteiger charge is -2.46. The van der Waals surface area contributed by atoms with Gasteiger partial charge in [-0.15, -0.1) is 0 Å². The Morgan fingerprint density at radius 1 is 0.953 bits per heavy atom. The minimum absolute atomic E-state index is 0.0766. The van der Waals surface area contributed by atoms with E-state index >= 15 is 0 Å². The summed E-state index contributed by atoms with van der Waals surface area (Å²) in [5.74, 6) is 0. The number of hydrogen-bond donors (Lipinski definition) is 1. The molecule has 0 unspecified atom stereocenters. The predicted octanol–water partition coefficient (Wildman–Crippen LogP) is 6.82. The first-order valence-corrected chi connectivity index (χ1v) is 16.2. The molecule has 6 rings (SSSR count). The van der Waals surface area contributed by atoms with Crippen LogP contribution in [0.1, 0.15) is 45.1 Å². The number of imidazole rings is 1. The van der Waals surface area contributed by atoms with Gasteiger partial charge in [0, 0.05) is 22.9 Å². The molecule has 1 saturated carbocycles. The molecule has 0 radical (unpaired) electrons. The summed E-state index contributed by atoms with van der Waals surface area (Å²) < 4.78 is 31.2. The minimum atomic E-state index is -3.30. The van der Waals surface area contributed by atoms with Crippen LogP contribution in [0, 0.1) is 0 Å². The second-order valence-corrected chi connectivity index (χ2v) is 14.1. The number of hydrogen-bond acceptors (Lipinski definition) is 6. The molecule has 0 saturated heterocycles. The van der Waals surface area contributed by atoms with Crippen molar-refractivity contribution in [2.24, 2.45) is 5.73 Å². The monoisotopic (exact) mass is 594 g/mol. The molecule has 3 aromatic carbocycles. The van der Waals surface area contributed by atoms with Gasteiger partial charge in [0.2, 0.25) is 0 Å². The van der Waals surface area contributed by atoms with Crippen LogP contribution in [-0.4, -0.2) is 41.0 Å². The maximum absolute atomic E-state index is 12.0. The second-order valence-electron chi connectivity index (χ2n) is 12.1. The highest BCUT2D eigenvalue weighted by molar-refractivity contribution is 7.90. The number of fused-ring (bicyclic) bond motifs is 1. The van der Waals surface area contributed by atoms with Crippen LogP contribution in [0.2, 0.25) is 0 Å². The number of carbonyl (C=O) groups is 1. The third kappa shape index (κ3) is 5.64. The minimum Gasteiger partial charge on any atom is -0.444 e. The van der Waals surface area contributed by atoms with Crippen LogP contribution in [0.25, 0.3) is 39.3 Å². The highest BCUT2D eigenvalue weighted by atomic mass is 32.2. The average Bonchev–Trinajstić information content (AvgIpc) is 3.37. The van der Waals surface area contributed by atoms with Crippen LogP contribution in [0.15, 0.2) is 96.0 Å². The van der Waals surface area contributed by atoms with Crippen molar-refractivity contribution in [2.45, 2.75) is 55.4 Å². The van der Waals surface area contributed by atoms with Crippen molar-refractivity contribution < 1.29 is 17.9 Å². The van der Waals surface area contributed by atoms with E-state index in [0.717, 1.165) is 52.9 Å². The highest BCUT2D eigenvalue weighted by Crippen LogP contribution is 2.50. The largest absolute Gasteiger partial charge is 0.444 e. The summed E-state index contributed by atoms with van der Waals surface area (Å²) in [5, 5.41) is 5.11. The van der Waals surface area contributed by atoms with E-state index in [-0.39, 0.29) is 10.3 Å². The van der Waals surface area contributed by atoms with Crippen molar-refractivity contribution in [3.8, 4) is 33.6 Å². The number of nitrogens with zero attached hydrogens (tertiary/aromatic N) is 3. The molecule has 5 aromatic rings. The molecule has 2 aromatic heterocycles. The van der Waals surface area contributed by atoms with Crippen LogP contribution >= 0.6 is 0 Å². The SMILES string of the molecule is CC(C)(CC1(c2ccc(-c3nn4c(-c5ccc(S(C)(=O)=O)cc5)cnc4cc3-c3ccccc3)cc2)CCC1)OC(N)=O. The molecule has 1 fully saturated rings. The third-order valence-electron chi connectivity index (χ3n) is 8.38. The number of benzene rings is 3. The van der Waals surface area contributed by atoms with Gasteiger partial charge in [-0.3, -0.25) is 0 Å². The van der Waals surface area contributed by atoms with Crippen LogP contribution in [0.3, 0.4) is 0 Å². The number of aromatic nitrogens is 3. The Kier molecular flexibility index (Phi) is 7.08. The second kappa shape index (κ2) is 10.6. The number of carbonyl (C=O) groups excluding carboxylic acids is 1. The van der Waals surface area contributed by atoms with E-state index in [2.05, 4.69) is 41.4 Å². The molecule has 0 aliphatic heterocycles. The zero-order valence-electron chi connectivity index (χ0n) is 24.4. The molecule has 2 heterocycles. The third-order valence-corrected chi connectivity index (χ3v) is 9.51. The van der Waals surface area contributed by atoms with Gasteiger partial charge in [0.15, 0.2) is 15.5 Å². The van der Waals surface area contributed by atoms with E-state index < -0.39 is 21.5 Å². The molecular formula is C34H34N4O4S. The van der Waals surface area contributed by atoms with E-state index in [0.29, 0.717) is 12.1 Å². The molecule has 1 aliphatic carbocycles. The molecule has 8 nitrogen and oxygen atoms in total. The Hall–Kier alpha value is -4.50. The Morgan fingerprint density at radius 2 is 1.60 bits per heavy atom. The van der Waals surface area contributed by atoms with Gasteiger partial charge < -0.3 is 10.5 Å². The highest BCUT2D eigenvalue weighted by Gasteiger charge is 2.44. The molecule has 0 spiro atoms. The number of ether oxygens (including phenoxy) is 1. The summed E-state index contributed by atoms with van der Waals surface area (Å²) in [6.07, 6.45) is 6.06. The molecule has 2 N–H and O–H groups in total. The van der Waals surface area contributed by atoms with Gasteiger partial charge in [0.05, 0.1) is 22.5 Å². The fourth-order valence-electron chi connectivity index (χ4n) is 6.31. The normalized spacial score (nSPS) is 14.8. The molecule has 0 bridgehead atoms.